The summed E-state index contributed by atoms with van der Waals surface area (Å²) in [5.74, 6) is -1.07. The molecule has 2 heterocycles. The molecular formula is C16H12FN3O. The van der Waals surface area contributed by atoms with Crippen molar-refractivity contribution in [3.05, 3.63) is 66.4 Å². The highest BCUT2D eigenvalue weighted by molar-refractivity contribution is 6.06. The van der Waals surface area contributed by atoms with Crippen LogP contribution < -0.4 is 4.90 Å². The van der Waals surface area contributed by atoms with Crippen molar-refractivity contribution in [2.75, 3.05) is 11.9 Å². The number of anilines is 1. The Kier molecular flexibility index (Phi) is 3.31. The predicted octanol–water partition coefficient (Wildman–Crippen LogP) is 3.05. The van der Waals surface area contributed by atoms with Crippen molar-refractivity contribution in [1.29, 1.82) is 0 Å². The minimum Gasteiger partial charge on any atom is -0.310 e. The molecule has 0 aliphatic heterocycles. The van der Waals surface area contributed by atoms with Gasteiger partial charge in [-0.2, -0.15) is 0 Å². The highest BCUT2D eigenvalue weighted by atomic mass is 19.1. The zero-order valence-electron chi connectivity index (χ0n) is 11.3. The highest BCUT2D eigenvalue weighted by Crippen LogP contribution is 2.20. The number of nitrogens with zero attached hydrogens (tertiary/aromatic N) is 3. The van der Waals surface area contributed by atoms with Crippen LogP contribution in [0.2, 0.25) is 0 Å². The maximum absolute atomic E-state index is 13.6. The van der Waals surface area contributed by atoms with E-state index in [1.165, 1.54) is 17.2 Å². The average Bonchev–Trinajstić information content (AvgIpc) is 2.53. The van der Waals surface area contributed by atoms with Crippen LogP contribution in [-0.2, 0) is 0 Å². The number of para-hydroxylation sites is 1. The molecule has 0 unspecified atom stereocenters. The van der Waals surface area contributed by atoms with Gasteiger partial charge in [0.05, 0.1) is 29.2 Å². The van der Waals surface area contributed by atoms with Crippen molar-refractivity contribution in [3.8, 4) is 0 Å². The molecule has 0 atom stereocenters. The Morgan fingerprint density at radius 3 is 2.81 bits per heavy atom. The standard InChI is InChI=1S/C16H12FN3O/c1-20(16(21)13-6-7-18-10-14(13)17)12-8-11-4-2-3-5-15(11)19-9-12/h2-10H,1H3. The van der Waals surface area contributed by atoms with Gasteiger partial charge < -0.3 is 4.90 Å². The van der Waals surface area contributed by atoms with Gasteiger partial charge in [-0.3, -0.25) is 14.8 Å². The quantitative estimate of drug-likeness (QED) is 0.725. The van der Waals surface area contributed by atoms with Crippen LogP contribution >= 0.6 is 0 Å². The number of benzene rings is 1. The zero-order chi connectivity index (χ0) is 14.8. The lowest BCUT2D eigenvalue weighted by Crippen LogP contribution is -2.27. The van der Waals surface area contributed by atoms with E-state index >= 15 is 0 Å². The molecule has 0 fully saturated rings. The average molecular weight is 281 g/mol. The summed E-state index contributed by atoms with van der Waals surface area (Å²) in [5.41, 5.74) is 1.44. The van der Waals surface area contributed by atoms with Crippen LogP contribution in [0.1, 0.15) is 10.4 Å². The maximum atomic E-state index is 13.6. The van der Waals surface area contributed by atoms with Gasteiger partial charge in [0.25, 0.3) is 5.91 Å². The predicted molar refractivity (Wildman–Crippen MR) is 78.7 cm³/mol. The molecular weight excluding hydrogens is 269 g/mol. The molecule has 5 heteroatoms. The number of halogens is 1. The Hall–Kier alpha value is -2.82. The zero-order valence-corrected chi connectivity index (χ0v) is 11.3. The first kappa shape index (κ1) is 13.2. The van der Waals surface area contributed by atoms with Gasteiger partial charge in [-0.05, 0) is 18.2 Å². The molecule has 4 nitrogen and oxygen atoms in total. The van der Waals surface area contributed by atoms with Crippen molar-refractivity contribution >= 4 is 22.5 Å². The molecule has 0 radical (unpaired) electrons. The van der Waals surface area contributed by atoms with E-state index in [1.54, 1.807) is 13.2 Å². The number of carbonyl (C=O) groups excluding carboxylic acids is 1. The Morgan fingerprint density at radius 1 is 1.19 bits per heavy atom. The number of fused-ring (bicyclic) bond motifs is 1. The monoisotopic (exact) mass is 281 g/mol. The Balaban J connectivity index is 1.98. The van der Waals surface area contributed by atoms with Crippen LogP contribution in [0.5, 0.6) is 0 Å². The summed E-state index contributed by atoms with van der Waals surface area (Å²) in [6, 6.07) is 10.8. The fourth-order valence-corrected chi connectivity index (χ4v) is 2.09. The van der Waals surface area contributed by atoms with Crippen LogP contribution in [0, 0.1) is 5.82 Å². The van der Waals surface area contributed by atoms with E-state index in [0.29, 0.717) is 5.69 Å². The molecule has 0 saturated heterocycles. The first-order valence-electron chi connectivity index (χ1n) is 6.39. The van der Waals surface area contributed by atoms with Gasteiger partial charge in [0.15, 0.2) is 5.82 Å². The van der Waals surface area contributed by atoms with Gasteiger partial charge in [-0.15, -0.1) is 0 Å². The first-order valence-corrected chi connectivity index (χ1v) is 6.39. The molecule has 1 amide bonds. The third-order valence-corrected chi connectivity index (χ3v) is 3.27. The SMILES string of the molecule is CN(C(=O)c1ccncc1F)c1cnc2ccccc2c1. The Bertz CT molecular complexity index is 819. The van der Waals surface area contributed by atoms with E-state index in [9.17, 15) is 9.18 Å². The lowest BCUT2D eigenvalue weighted by atomic mass is 10.2. The number of rotatable bonds is 2. The molecule has 3 rings (SSSR count). The lowest BCUT2D eigenvalue weighted by molar-refractivity contribution is 0.0989. The molecule has 2 aromatic heterocycles. The van der Waals surface area contributed by atoms with Crippen molar-refractivity contribution in [2.24, 2.45) is 0 Å². The molecule has 0 aliphatic carbocycles. The summed E-state index contributed by atoms with van der Waals surface area (Å²) >= 11 is 0. The van der Waals surface area contributed by atoms with Crippen LogP contribution in [0.15, 0.2) is 55.0 Å². The molecule has 0 N–H and O–H groups in total. The van der Waals surface area contributed by atoms with Gasteiger partial charge in [-0.25, -0.2) is 4.39 Å². The van der Waals surface area contributed by atoms with Crippen LogP contribution in [-0.4, -0.2) is 22.9 Å². The van der Waals surface area contributed by atoms with Gasteiger partial charge in [-0.1, -0.05) is 18.2 Å². The molecule has 104 valence electrons. The second-order valence-corrected chi connectivity index (χ2v) is 4.61. The van der Waals surface area contributed by atoms with Crippen LogP contribution in [0.3, 0.4) is 0 Å². The molecule has 0 bridgehead atoms. The van der Waals surface area contributed by atoms with Crippen molar-refractivity contribution in [2.45, 2.75) is 0 Å². The minimum atomic E-state index is -0.636. The number of hydrogen-bond donors (Lipinski definition) is 0. The lowest BCUT2D eigenvalue weighted by Gasteiger charge is -2.17. The summed E-state index contributed by atoms with van der Waals surface area (Å²) in [4.78, 5) is 21.6. The Morgan fingerprint density at radius 2 is 2.00 bits per heavy atom. The summed E-state index contributed by atoms with van der Waals surface area (Å²) in [5, 5.41) is 0.921. The number of pyridine rings is 2. The fourth-order valence-electron chi connectivity index (χ4n) is 2.09. The van der Waals surface area contributed by atoms with Crippen molar-refractivity contribution < 1.29 is 9.18 Å². The topological polar surface area (TPSA) is 46.1 Å². The van der Waals surface area contributed by atoms with Crippen LogP contribution in [0.25, 0.3) is 10.9 Å². The van der Waals surface area contributed by atoms with E-state index in [2.05, 4.69) is 9.97 Å². The molecule has 0 spiro atoms. The molecule has 3 aromatic rings. The van der Waals surface area contributed by atoms with Crippen molar-refractivity contribution in [1.82, 2.24) is 9.97 Å². The fraction of sp³-hybridized carbons (Fsp3) is 0.0625. The minimum absolute atomic E-state index is 0.0133. The first-order chi connectivity index (χ1) is 10.2. The molecule has 21 heavy (non-hydrogen) atoms. The van der Waals surface area contributed by atoms with Crippen LogP contribution in [0.4, 0.5) is 10.1 Å². The Labute approximate surface area is 120 Å². The molecule has 0 aliphatic rings. The molecule has 1 aromatic carbocycles. The second kappa shape index (κ2) is 5.28. The summed E-state index contributed by atoms with van der Waals surface area (Å²) in [7, 11) is 1.59. The summed E-state index contributed by atoms with van der Waals surface area (Å²) < 4.78 is 13.6. The van der Waals surface area contributed by atoms with E-state index in [4.69, 9.17) is 0 Å². The summed E-state index contributed by atoms with van der Waals surface area (Å²) in [6.07, 6.45) is 4.02. The van der Waals surface area contributed by atoms with E-state index in [-0.39, 0.29) is 5.56 Å². The maximum Gasteiger partial charge on any atom is 0.261 e. The number of carbonyl (C=O) groups is 1. The van der Waals surface area contributed by atoms with Gasteiger partial charge >= 0.3 is 0 Å². The van der Waals surface area contributed by atoms with Gasteiger partial charge in [0, 0.05) is 18.6 Å². The summed E-state index contributed by atoms with van der Waals surface area (Å²) in [6.45, 7) is 0. The third kappa shape index (κ3) is 2.45. The largest absolute Gasteiger partial charge is 0.310 e. The number of hydrogen-bond acceptors (Lipinski definition) is 3. The molecule has 0 saturated carbocycles. The normalized spacial score (nSPS) is 10.6. The van der Waals surface area contributed by atoms with E-state index in [1.807, 2.05) is 30.3 Å². The van der Waals surface area contributed by atoms with Crippen molar-refractivity contribution in [3.63, 3.8) is 0 Å². The third-order valence-electron chi connectivity index (χ3n) is 3.27. The van der Waals surface area contributed by atoms with Gasteiger partial charge in [0.2, 0.25) is 0 Å². The highest BCUT2D eigenvalue weighted by Gasteiger charge is 2.17. The second-order valence-electron chi connectivity index (χ2n) is 4.61. The smallest absolute Gasteiger partial charge is 0.261 e. The number of amides is 1. The van der Waals surface area contributed by atoms with E-state index < -0.39 is 11.7 Å². The van der Waals surface area contributed by atoms with E-state index in [0.717, 1.165) is 17.1 Å². The number of aromatic nitrogens is 2. The van der Waals surface area contributed by atoms with Gasteiger partial charge in [0.1, 0.15) is 0 Å².